The topological polar surface area (TPSA) is 237 Å². The van der Waals surface area contributed by atoms with E-state index in [1.165, 1.54) is 250 Å². The van der Waals surface area contributed by atoms with E-state index in [-0.39, 0.29) is 25.7 Å². The number of phosphoric acid groups is 2. The molecule has 0 aromatic rings. The number of hydrogen-bond acceptors (Lipinski definition) is 15. The van der Waals surface area contributed by atoms with Crippen molar-refractivity contribution in [2.75, 3.05) is 39.6 Å². The molecule has 0 radical (unpaired) electrons. The Morgan fingerprint density at radius 1 is 0.279 bits per heavy atom. The van der Waals surface area contributed by atoms with Crippen molar-refractivity contribution in [1.82, 2.24) is 0 Å². The van der Waals surface area contributed by atoms with E-state index in [1.807, 2.05) is 0 Å². The molecular weight excluding hydrogens is 1350 g/mol. The molecule has 19 heteroatoms. The SMILES string of the molecule is CCCCCCCCCCCCCCCCCCCCCCCCC(=O)O[C@H](COC(=O)CCCCCCCCCCCCCCCC(C)C)COP(=O)(O)OC[C@@H](O)COP(=O)(O)OC[C@@H](COC(=O)CCCCCCCCC(C)CC)OC(=O)CCCCCCCCCCCCCCCC(C)C. The normalized spacial score (nSPS) is 14.2. The summed E-state index contributed by atoms with van der Waals surface area (Å²) in [6, 6.07) is 0. The van der Waals surface area contributed by atoms with Gasteiger partial charge in [0.25, 0.3) is 0 Å². The summed E-state index contributed by atoms with van der Waals surface area (Å²) < 4.78 is 68.8. The van der Waals surface area contributed by atoms with Gasteiger partial charge in [-0.05, 0) is 43.4 Å². The van der Waals surface area contributed by atoms with Crippen LogP contribution in [0.25, 0.3) is 0 Å². The second kappa shape index (κ2) is 75.1. The molecule has 0 spiro atoms. The molecule has 6 atom stereocenters. The zero-order valence-electron chi connectivity index (χ0n) is 68.5. The van der Waals surface area contributed by atoms with Crippen LogP contribution in [0.4, 0.5) is 0 Å². The van der Waals surface area contributed by atoms with Gasteiger partial charge in [0.1, 0.15) is 19.3 Å². The molecule has 0 aliphatic rings. The Morgan fingerprint density at radius 2 is 0.490 bits per heavy atom. The zero-order valence-corrected chi connectivity index (χ0v) is 70.3. The summed E-state index contributed by atoms with van der Waals surface area (Å²) in [5, 5.41) is 10.7. The number of carbonyl (C=O) groups is 4. The number of carbonyl (C=O) groups excluding carboxylic acids is 4. The van der Waals surface area contributed by atoms with Gasteiger partial charge in [-0.2, -0.15) is 0 Å². The minimum atomic E-state index is -4.97. The Morgan fingerprint density at radius 3 is 0.731 bits per heavy atom. The van der Waals surface area contributed by atoms with Gasteiger partial charge >= 0.3 is 39.5 Å². The van der Waals surface area contributed by atoms with Crippen molar-refractivity contribution in [2.45, 2.75) is 465 Å². The quantitative estimate of drug-likeness (QED) is 0.0222. The molecule has 0 aliphatic heterocycles. The standard InChI is InChI=1S/C85H166O17P2/c1-8-10-11-12-13-14-15-16-17-18-19-20-21-22-23-24-29-35-40-45-54-61-68-84(89)101-80(72-95-82(87)66-59-52-44-39-34-30-25-27-32-37-42-49-56-63-76(3)4)74-99-103(91,92)97-70-79(86)71-98-104(93,94)100-75-81(73-96-83(88)67-60-53-48-47-51-58-65-78(7)9-2)102-85(90)69-62-55-46-41-36-31-26-28-33-38-43-50-57-64-77(5)6/h76-81,86H,8-75H2,1-7H3,(H,91,92)(H,93,94)/t78?,79-,80-,81-/m1/s1. The summed E-state index contributed by atoms with van der Waals surface area (Å²) in [4.78, 5) is 73.2. The van der Waals surface area contributed by atoms with Crippen molar-refractivity contribution in [1.29, 1.82) is 0 Å². The zero-order chi connectivity index (χ0) is 76.5. The van der Waals surface area contributed by atoms with Crippen LogP contribution < -0.4 is 0 Å². The van der Waals surface area contributed by atoms with Gasteiger partial charge in [-0.1, -0.05) is 395 Å². The second-order valence-electron chi connectivity index (χ2n) is 31.8. The van der Waals surface area contributed by atoms with Gasteiger partial charge < -0.3 is 33.8 Å². The fraction of sp³-hybridized carbons (Fsp3) is 0.953. The molecule has 0 rings (SSSR count). The average molecular weight is 1520 g/mol. The highest BCUT2D eigenvalue weighted by Crippen LogP contribution is 2.45. The molecule has 0 aromatic heterocycles. The first-order chi connectivity index (χ1) is 50.3. The molecule has 0 heterocycles. The Balaban J connectivity index is 5.22. The average Bonchev–Trinajstić information content (AvgIpc) is 0.910. The van der Waals surface area contributed by atoms with Gasteiger partial charge in [-0.15, -0.1) is 0 Å². The highest BCUT2D eigenvalue weighted by Gasteiger charge is 2.30. The lowest BCUT2D eigenvalue weighted by Crippen LogP contribution is -2.30. The second-order valence-corrected chi connectivity index (χ2v) is 34.7. The number of hydrogen-bond donors (Lipinski definition) is 3. The molecule has 17 nitrogen and oxygen atoms in total. The monoisotopic (exact) mass is 1520 g/mol. The van der Waals surface area contributed by atoms with Gasteiger partial charge in [0.05, 0.1) is 26.4 Å². The van der Waals surface area contributed by atoms with Crippen LogP contribution in [0.5, 0.6) is 0 Å². The van der Waals surface area contributed by atoms with Crippen molar-refractivity contribution < 1.29 is 80.2 Å². The number of phosphoric ester groups is 2. The minimum absolute atomic E-state index is 0.106. The van der Waals surface area contributed by atoms with Crippen LogP contribution in [0, 0.1) is 17.8 Å². The summed E-state index contributed by atoms with van der Waals surface area (Å²) in [7, 11) is -9.93. The maximum absolute atomic E-state index is 13.1. The summed E-state index contributed by atoms with van der Waals surface area (Å²) in [6.07, 6.45) is 65.4. The van der Waals surface area contributed by atoms with Crippen LogP contribution in [0.2, 0.25) is 0 Å². The number of rotatable bonds is 83. The number of ether oxygens (including phenoxy) is 4. The number of esters is 4. The van der Waals surface area contributed by atoms with Crippen molar-refractivity contribution in [3.05, 3.63) is 0 Å². The molecule has 0 fully saturated rings. The number of aliphatic hydroxyl groups excluding tert-OH is 1. The summed E-state index contributed by atoms with van der Waals surface area (Å²) in [6.45, 7) is 12.0. The van der Waals surface area contributed by atoms with Crippen molar-refractivity contribution in [3.63, 3.8) is 0 Å². The molecule has 3 unspecified atom stereocenters. The molecule has 0 saturated heterocycles. The van der Waals surface area contributed by atoms with E-state index >= 15 is 0 Å². The Bertz CT molecular complexity index is 2010. The summed E-state index contributed by atoms with van der Waals surface area (Å²) in [5.41, 5.74) is 0. The van der Waals surface area contributed by atoms with Gasteiger partial charge in [-0.3, -0.25) is 37.3 Å². The smallest absolute Gasteiger partial charge is 0.462 e. The molecule has 0 amide bonds. The first kappa shape index (κ1) is 102. The van der Waals surface area contributed by atoms with Crippen LogP contribution in [-0.4, -0.2) is 96.7 Å². The third kappa shape index (κ3) is 76.8. The van der Waals surface area contributed by atoms with E-state index in [0.717, 1.165) is 114 Å². The van der Waals surface area contributed by atoms with Crippen LogP contribution in [-0.2, 0) is 65.4 Å². The maximum atomic E-state index is 13.1. The molecule has 3 N–H and O–H groups in total. The van der Waals surface area contributed by atoms with E-state index in [2.05, 4.69) is 48.5 Å². The predicted octanol–water partition coefficient (Wildman–Crippen LogP) is 25.7. The van der Waals surface area contributed by atoms with Crippen LogP contribution in [0.1, 0.15) is 447 Å². The van der Waals surface area contributed by atoms with Crippen LogP contribution in [0.3, 0.4) is 0 Å². The molecule has 0 aromatic carbocycles. The van der Waals surface area contributed by atoms with E-state index in [0.29, 0.717) is 25.7 Å². The Kier molecular flexibility index (Phi) is 73.7. The molecule has 618 valence electrons. The van der Waals surface area contributed by atoms with Crippen molar-refractivity contribution in [3.8, 4) is 0 Å². The van der Waals surface area contributed by atoms with Crippen molar-refractivity contribution in [2.24, 2.45) is 17.8 Å². The lowest BCUT2D eigenvalue weighted by Gasteiger charge is -2.21. The molecule has 0 aliphatic carbocycles. The number of unbranched alkanes of at least 4 members (excludes halogenated alkanes) is 50. The largest absolute Gasteiger partial charge is 0.472 e. The van der Waals surface area contributed by atoms with Crippen LogP contribution >= 0.6 is 15.6 Å². The summed E-state index contributed by atoms with van der Waals surface area (Å²) >= 11 is 0. The fourth-order valence-electron chi connectivity index (χ4n) is 13.2. The van der Waals surface area contributed by atoms with Gasteiger partial charge in [-0.25, -0.2) is 9.13 Å². The molecule has 0 saturated carbocycles. The van der Waals surface area contributed by atoms with E-state index in [4.69, 9.17) is 37.0 Å². The molecule has 104 heavy (non-hydrogen) atoms. The minimum Gasteiger partial charge on any atom is -0.462 e. The fourth-order valence-corrected chi connectivity index (χ4v) is 14.7. The lowest BCUT2D eigenvalue weighted by atomic mass is 10.00. The summed E-state index contributed by atoms with van der Waals surface area (Å²) in [5.74, 6) is 0.200. The maximum Gasteiger partial charge on any atom is 0.472 e. The lowest BCUT2D eigenvalue weighted by molar-refractivity contribution is -0.161. The Labute approximate surface area is 638 Å². The Hall–Kier alpha value is -1.94. The van der Waals surface area contributed by atoms with E-state index < -0.39 is 97.5 Å². The molecule has 0 bridgehead atoms. The van der Waals surface area contributed by atoms with E-state index in [9.17, 15) is 43.2 Å². The first-order valence-corrected chi connectivity index (χ1v) is 46.9. The number of aliphatic hydroxyl groups is 1. The van der Waals surface area contributed by atoms with Gasteiger partial charge in [0.2, 0.25) is 0 Å². The third-order valence-corrected chi connectivity index (χ3v) is 22.1. The highest BCUT2D eigenvalue weighted by atomic mass is 31.2. The molecular formula is C85H166O17P2. The van der Waals surface area contributed by atoms with Gasteiger partial charge in [0.15, 0.2) is 12.2 Å². The first-order valence-electron chi connectivity index (χ1n) is 43.9. The van der Waals surface area contributed by atoms with Crippen molar-refractivity contribution >= 4 is 39.5 Å². The van der Waals surface area contributed by atoms with E-state index in [1.54, 1.807) is 0 Å². The van der Waals surface area contributed by atoms with Gasteiger partial charge in [0, 0.05) is 25.7 Å². The third-order valence-electron chi connectivity index (χ3n) is 20.2. The predicted molar refractivity (Wildman–Crippen MR) is 428 cm³/mol. The van der Waals surface area contributed by atoms with Crippen LogP contribution in [0.15, 0.2) is 0 Å². The highest BCUT2D eigenvalue weighted by molar-refractivity contribution is 7.47.